The zero-order chi connectivity index (χ0) is 12.1. The molecule has 0 aliphatic heterocycles. The zero-order valence-electron chi connectivity index (χ0n) is 10.4. The summed E-state index contributed by atoms with van der Waals surface area (Å²) in [7, 11) is 1.73. The standard InChI is InChI=1S/C13H19N3O/c1-3-14-10-13-15-11-6-4-5-7-12(11)16(13)8-9-17-2/h4-7,14H,3,8-10H2,1-2H3. The number of hydrogen-bond acceptors (Lipinski definition) is 3. The highest BCUT2D eigenvalue weighted by molar-refractivity contribution is 5.75. The predicted molar refractivity (Wildman–Crippen MR) is 69.0 cm³/mol. The smallest absolute Gasteiger partial charge is 0.123 e. The summed E-state index contributed by atoms with van der Waals surface area (Å²) in [6, 6.07) is 8.22. The largest absolute Gasteiger partial charge is 0.383 e. The Bertz CT molecular complexity index is 478. The molecule has 0 saturated heterocycles. The van der Waals surface area contributed by atoms with E-state index < -0.39 is 0 Å². The van der Waals surface area contributed by atoms with Crippen molar-refractivity contribution in [1.29, 1.82) is 0 Å². The summed E-state index contributed by atoms with van der Waals surface area (Å²) in [5, 5.41) is 3.32. The van der Waals surface area contributed by atoms with Gasteiger partial charge in [-0.1, -0.05) is 19.1 Å². The third kappa shape index (κ3) is 2.65. The maximum Gasteiger partial charge on any atom is 0.123 e. The van der Waals surface area contributed by atoms with Crippen LogP contribution in [0.25, 0.3) is 11.0 Å². The molecule has 1 aromatic heterocycles. The van der Waals surface area contributed by atoms with Crippen LogP contribution in [-0.4, -0.2) is 29.8 Å². The van der Waals surface area contributed by atoms with Gasteiger partial charge >= 0.3 is 0 Å². The summed E-state index contributed by atoms with van der Waals surface area (Å²) in [4.78, 5) is 4.65. The van der Waals surface area contributed by atoms with Crippen LogP contribution >= 0.6 is 0 Å². The third-order valence-electron chi connectivity index (χ3n) is 2.79. The van der Waals surface area contributed by atoms with Gasteiger partial charge in [0.15, 0.2) is 0 Å². The highest BCUT2D eigenvalue weighted by atomic mass is 16.5. The molecule has 0 saturated carbocycles. The maximum absolute atomic E-state index is 5.15. The number of fused-ring (bicyclic) bond motifs is 1. The second kappa shape index (κ2) is 5.80. The number of nitrogens with zero attached hydrogens (tertiary/aromatic N) is 2. The third-order valence-corrected chi connectivity index (χ3v) is 2.79. The average Bonchev–Trinajstić information content (AvgIpc) is 2.71. The summed E-state index contributed by atoms with van der Waals surface area (Å²) >= 11 is 0. The van der Waals surface area contributed by atoms with E-state index >= 15 is 0 Å². The van der Waals surface area contributed by atoms with Crippen molar-refractivity contribution in [3.05, 3.63) is 30.1 Å². The summed E-state index contributed by atoms with van der Waals surface area (Å²) < 4.78 is 7.38. The number of imidazole rings is 1. The number of hydrogen-bond donors (Lipinski definition) is 1. The van der Waals surface area contributed by atoms with Gasteiger partial charge in [-0.2, -0.15) is 0 Å². The van der Waals surface area contributed by atoms with Gasteiger partial charge in [0.25, 0.3) is 0 Å². The average molecular weight is 233 g/mol. The number of aromatic nitrogens is 2. The van der Waals surface area contributed by atoms with Crippen molar-refractivity contribution in [2.75, 3.05) is 20.3 Å². The van der Waals surface area contributed by atoms with Crippen molar-refractivity contribution < 1.29 is 4.74 Å². The summed E-state index contributed by atoms with van der Waals surface area (Å²) in [6.07, 6.45) is 0. The minimum absolute atomic E-state index is 0.708. The van der Waals surface area contributed by atoms with E-state index in [0.717, 1.165) is 31.0 Å². The second-order valence-corrected chi connectivity index (χ2v) is 3.94. The quantitative estimate of drug-likeness (QED) is 0.826. The highest BCUT2D eigenvalue weighted by Gasteiger charge is 2.08. The Balaban J connectivity index is 2.34. The van der Waals surface area contributed by atoms with E-state index in [4.69, 9.17) is 4.74 Å². The number of nitrogens with one attached hydrogen (secondary N) is 1. The molecular weight excluding hydrogens is 214 g/mol. The molecule has 0 amide bonds. The van der Waals surface area contributed by atoms with E-state index in [1.165, 1.54) is 5.52 Å². The molecule has 0 fully saturated rings. The van der Waals surface area contributed by atoms with Crippen molar-refractivity contribution in [3.63, 3.8) is 0 Å². The first kappa shape index (κ1) is 12.1. The van der Waals surface area contributed by atoms with Gasteiger partial charge in [0.1, 0.15) is 5.82 Å². The van der Waals surface area contributed by atoms with Crippen molar-refractivity contribution in [2.24, 2.45) is 0 Å². The molecule has 92 valence electrons. The molecule has 0 bridgehead atoms. The Morgan fingerprint density at radius 2 is 2.18 bits per heavy atom. The Morgan fingerprint density at radius 1 is 1.35 bits per heavy atom. The summed E-state index contributed by atoms with van der Waals surface area (Å²) in [5.74, 6) is 1.07. The number of methoxy groups -OCH3 is 1. The van der Waals surface area contributed by atoms with Gasteiger partial charge in [-0.25, -0.2) is 4.98 Å². The van der Waals surface area contributed by atoms with Crippen molar-refractivity contribution in [2.45, 2.75) is 20.0 Å². The summed E-state index contributed by atoms with van der Waals surface area (Å²) in [6.45, 7) is 5.40. The van der Waals surface area contributed by atoms with Crippen LogP contribution in [0.4, 0.5) is 0 Å². The first-order valence-electron chi connectivity index (χ1n) is 6.00. The van der Waals surface area contributed by atoms with Gasteiger partial charge in [0.05, 0.1) is 24.2 Å². The maximum atomic E-state index is 5.15. The van der Waals surface area contributed by atoms with Crippen LogP contribution in [0.3, 0.4) is 0 Å². The molecule has 1 N–H and O–H groups in total. The molecule has 1 heterocycles. The highest BCUT2D eigenvalue weighted by Crippen LogP contribution is 2.15. The Kier molecular flexibility index (Phi) is 4.12. The normalized spacial score (nSPS) is 11.2. The van der Waals surface area contributed by atoms with Crippen LogP contribution in [0, 0.1) is 0 Å². The monoisotopic (exact) mass is 233 g/mol. The van der Waals surface area contributed by atoms with Gasteiger partial charge in [-0.3, -0.25) is 0 Å². The van der Waals surface area contributed by atoms with Crippen LogP contribution in [0.2, 0.25) is 0 Å². The molecule has 0 atom stereocenters. The van der Waals surface area contributed by atoms with Gasteiger partial charge in [0.2, 0.25) is 0 Å². The van der Waals surface area contributed by atoms with Crippen molar-refractivity contribution >= 4 is 11.0 Å². The lowest BCUT2D eigenvalue weighted by molar-refractivity contribution is 0.187. The van der Waals surface area contributed by atoms with Crippen molar-refractivity contribution in [3.8, 4) is 0 Å². The molecule has 17 heavy (non-hydrogen) atoms. The van der Waals surface area contributed by atoms with Gasteiger partial charge in [0, 0.05) is 13.7 Å². The lowest BCUT2D eigenvalue weighted by Gasteiger charge is -2.08. The van der Waals surface area contributed by atoms with E-state index in [2.05, 4.69) is 27.9 Å². The molecule has 0 aliphatic rings. The zero-order valence-corrected chi connectivity index (χ0v) is 10.4. The van der Waals surface area contributed by atoms with Gasteiger partial charge in [-0.05, 0) is 18.7 Å². The fourth-order valence-corrected chi connectivity index (χ4v) is 1.93. The Labute approximate surface area is 102 Å². The minimum atomic E-state index is 0.708. The molecular formula is C13H19N3O. The lowest BCUT2D eigenvalue weighted by atomic mass is 10.3. The first-order chi connectivity index (χ1) is 8.36. The summed E-state index contributed by atoms with van der Waals surface area (Å²) in [5.41, 5.74) is 2.23. The number of rotatable bonds is 6. The lowest BCUT2D eigenvalue weighted by Crippen LogP contribution is -2.17. The van der Waals surface area contributed by atoms with Crippen LogP contribution in [0.1, 0.15) is 12.7 Å². The van der Waals surface area contributed by atoms with Crippen LogP contribution in [-0.2, 0) is 17.8 Å². The van der Waals surface area contributed by atoms with E-state index in [1.807, 2.05) is 18.2 Å². The van der Waals surface area contributed by atoms with Gasteiger partial charge in [-0.15, -0.1) is 0 Å². The molecule has 0 aliphatic carbocycles. The molecule has 0 radical (unpaired) electrons. The molecule has 4 nitrogen and oxygen atoms in total. The van der Waals surface area contributed by atoms with E-state index in [1.54, 1.807) is 7.11 Å². The first-order valence-corrected chi connectivity index (χ1v) is 6.00. The second-order valence-electron chi connectivity index (χ2n) is 3.94. The Morgan fingerprint density at radius 3 is 2.94 bits per heavy atom. The Hall–Kier alpha value is -1.39. The predicted octanol–water partition coefficient (Wildman–Crippen LogP) is 1.79. The molecule has 2 aromatic rings. The fraction of sp³-hybridized carbons (Fsp3) is 0.462. The van der Waals surface area contributed by atoms with E-state index in [-0.39, 0.29) is 0 Å². The SMILES string of the molecule is CCNCc1nc2ccccc2n1CCOC. The minimum Gasteiger partial charge on any atom is -0.383 e. The fourth-order valence-electron chi connectivity index (χ4n) is 1.93. The topological polar surface area (TPSA) is 39.1 Å². The number of para-hydroxylation sites is 2. The van der Waals surface area contributed by atoms with Gasteiger partial charge < -0.3 is 14.6 Å². The van der Waals surface area contributed by atoms with Crippen LogP contribution in [0.15, 0.2) is 24.3 Å². The van der Waals surface area contributed by atoms with Crippen molar-refractivity contribution in [1.82, 2.24) is 14.9 Å². The molecule has 2 rings (SSSR count). The number of ether oxygens (including phenoxy) is 1. The molecule has 4 heteroatoms. The van der Waals surface area contributed by atoms with E-state index in [0.29, 0.717) is 6.61 Å². The van der Waals surface area contributed by atoms with Crippen LogP contribution in [0.5, 0.6) is 0 Å². The molecule has 0 unspecified atom stereocenters. The molecule has 0 spiro atoms. The van der Waals surface area contributed by atoms with Crippen LogP contribution < -0.4 is 5.32 Å². The van der Waals surface area contributed by atoms with E-state index in [9.17, 15) is 0 Å². The number of benzene rings is 1. The molecule has 1 aromatic carbocycles.